The molecule has 12 heteroatoms. The number of rotatable bonds is 9. The Morgan fingerprint density at radius 2 is 1.12 bits per heavy atom. The second-order valence-electron chi connectivity index (χ2n) is 6.74. The normalized spacial score (nSPS) is 13.2. The molecule has 2 heterocycles. The average Bonchev–Trinajstić information content (AvgIpc) is 3.45. The van der Waals surface area contributed by atoms with Crippen LogP contribution >= 0.6 is 0 Å². The Morgan fingerprint density at radius 3 is 1.47 bits per heavy atom. The summed E-state index contributed by atoms with van der Waals surface area (Å²) in [5.41, 5.74) is 0.755. The third-order valence-corrected chi connectivity index (χ3v) is 13.7. The molecule has 0 aliphatic heterocycles. The topological polar surface area (TPSA) is 61.4 Å². The van der Waals surface area contributed by atoms with E-state index < -0.39 is 23.3 Å². The summed E-state index contributed by atoms with van der Waals surface area (Å²) in [6, 6.07) is 7.05. The van der Waals surface area contributed by atoms with E-state index in [1.54, 1.807) is 9.36 Å². The van der Waals surface area contributed by atoms with Gasteiger partial charge >= 0.3 is 192 Å². The predicted octanol–water partition coefficient (Wildman–Crippen LogP) is 2.93. The van der Waals surface area contributed by atoms with Gasteiger partial charge in [-0.05, 0) is 0 Å². The van der Waals surface area contributed by atoms with Gasteiger partial charge in [-0.25, -0.2) is 0 Å². The molecule has 4 aromatic rings. The second-order valence-corrected chi connectivity index (χ2v) is 14.1. The van der Waals surface area contributed by atoms with E-state index in [0.29, 0.717) is 24.2 Å². The van der Waals surface area contributed by atoms with E-state index in [1.807, 2.05) is 0 Å². The van der Waals surface area contributed by atoms with Gasteiger partial charge in [0.15, 0.2) is 0 Å². The summed E-state index contributed by atoms with van der Waals surface area (Å²) in [4.78, 5) is 7.28. The Morgan fingerprint density at radius 1 is 0.688 bits per heavy atom. The summed E-state index contributed by atoms with van der Waals surface area (Å²) in [5, 5.41) is 8.20. The fraction of sp³-hybridized carbons (Fsp3) is 0.200. The summed E-state index contributed by atoms with van der Waals surface area (Å²) in [6.07, 6.45) is 5.84. The van der Waals surface area contributed by atoms with Gasteiger partial charge in [0.2, 0.25) is 0 Å². The fourth-order valence-electron chi connectivity index (χ4n) is 3.01. The van der Waals surface area contributed by atoms with Gasteiger partial charge in [0.1, 0.15) is 0 Å². The second kappa shape index (κ2) is 10.4. The first-order valence-corrected chi connectivity index (χ1v) is 15.7. The zero-order valence-corrected chi connectivity index (χ0v) is 19.8. The standard InChI is InChI=1S/C20H16F4N6Se2/c21-13-1-3-15(17(23)5-13)19(7-29-11-25-9-27-29)31-32-20(8-30-12-26-10-28-30)16-4-2-14(22)6-18(16)24/h1-6,9-12,19-20H,7-8H2. The number of hydrogen-bond donors (Lipinski definition) is 0. The molecular weight excluding hydrogens is 558 g/mol. The summed E-state index contributed by atoms with van der Waals surface area (Å²) >= 11 is -0.409. The van der Waals surface area contributed by atoms with Gasteiger partial charge in [0.25, 0.3) is 0 Å². The van der Waals surface area contributed by atoms with E-state index in [4.69, 9.17) is 0 Å². The van der Waals surface area contributed by atoms with Crippen LogP contribution in [0.3, 0.4) is 0 Å². The van der Waals surface area contributed by atoms with Crippen molar-refractivity contribution < 1.29 is 17.6 Å². The molecular formula is C20H16F4N6Se2. The Bertz CT molecular complexity index is 1070. The van der Waals surface area contributed by atoms with Crippen molar-refractivity contribution in [1.29, 1.82) is 0 Å². The first kappa shape index (κ1) is 22.7. The summed E-state index contributed by atoms with van der Waals surface area (Å²) < 4.78 is 59.3. The zero-order valence-electron chi connectivity index (χ0n) is 16.4. The van der Waals surface area contributed by atoms with Crippen LogP contribution in [0.5, 0.6) is 0 Å². The Labute approximate surface area is 191 Å². The van der Waals surface area contributed by atoms with Crippen molar-refractivity contribution >= 4 is 26.3 Å². The van der Waals surface area contributed by atoms with Crippen molar-refractivity contribution in [3.63, 3.8) is 0 Å². The summed E-state index contributed by atoms with van der Waals surface area (Å²) in [6.45, 7) is 0.707. The van der Waals surface area contributed by atoms with E-state index in [1.165, 1.54) is 49.6 Å². The van der Waals surface area contributed by atoms with Crippen LogP contribution in [0, 0.1) is 23.3 Å². The van der Waals surface area contributed by atoms with Crippen LogP contribution in [-0.4, -0.2) is 55.8 Å². The van der Waals surface area contributed by atoms with Gasteiger partial charge in [-0.1, -0.05) is 0 Å². The van der Waals surface area contributed by atoms with Gasteiger partial charge in [-0.2, -0.15) is 0 Å². The van der Waals surface area contributed by atoms with Gasteiger partial charge in [-0.15, -0.1) is 0 Å². The molecule has 166 valence electrons. The summed E-state index contributed by atoms with van der Waals surface area (Å²) in [5.74, 6) is -2.57. The fourth-order valence-corrected chi connectivity index (χ4v) is 12.2. The van der Waals surface area contributed by atoms with Crippen LogP contribution in [0.4, 0.5) is 17.6 Å². The van der Waals surface area contributed by atoms with E-state index in [9.17, 15) is 17.6 Å². The van der Waals surface area contributed by atoms with Gasteiger partial charge in [-0.3, -0.25) is 0 Å². The number of benzene rings is 2. The maximum atomic E-state index is 14.6. The molecule has 0 fully saturated rings. The molecule has 6 nitrogen and oxygen atoms in total. The first-order chi connectivity index (χ1) is 15.5. The van der Waals surface area contributed by atoms with Crippen LogP contribution in [0.2, 0.25) is 0 Å². The molecule has 0 saturated carbocycles. The Kier molecular flexibility index (Phi) is 7.36. The molecule has 0 bridgehead atoms. The van der Waals surface area contributed by atoms with Gasteiger partial charge in [0.05, 0.1) is 0 Å². The van der Waals surface area contributed by atoms with Crippen molar-refractivity contribution in [2.75, 3.05) is 0 Å². The molecule has 2 unspecified atom stereocenters. The first-order valence-electron chi connectivity index (χ1n) is 9.36. The van der Waals surface area contributed by atoms with Crippen molar-refractivity contribution in [2.24, 2.45) is 0 Å². The third-order valence-electron chi connectivity index (χ3n) is 4.55. The van der Waals surface area contributed by atoms with Gasteiger partial charge in [0, 0.05) is 0 Å². The van der Waals surface area contributed by atoms with Crippen LogP contribution in [0.25, 0.3) is 0 Å². The Hall–Kier alpha value is -2.52. The Balaban J connectivity index is 1.61. The van der Waals surface area contributed by atoms with Crippen molar-refractivity contribution in [1.82, 2.24) is 29.5 Å². The molecule has 0 aliphatic carbocycles. The number of halogens is 4. The molecule has 0 N–H and O–H groups in total. The molecule has 0 saturated heterocycles. The maximum absolute atomic E-state index is 14.6. The van der Waals surface area contributed by atoms with E-state index >= 15 is 0 Å². The van der Waals surface area contributed by atoms with Crippen LogP contribution in [0.1, 0.15) is 20.8 Å². The molecule has 0 radical (unpaired) electrons. The molecule has 0 aliphatic rings. The molecule has 0 amide bonds. The van der Waals surface area contributed by atoms with Crippen LogP contribution < -0.4 is 0 Å². The van der Waals surface area contributed by atoms with Crippen LogP contribution in [-0.2, 0) is 13.1 Å². The summed E-state index contributed by atoms with van der Waals surface area (Å²) in [7, 11) is 0. The molecule has 2 aromatic heterocycles. The average molecular weight is 574 g/mol. The van der Waals surface area contributed by atoms with E-state index in [-0.39, 0.29) is 35.9 Å². The molecule has 4 rings (SSSR count). The number of aromatic nitrogens is 6. The SMILES string of the molecule is Fc1ccc(C(Cn2cncn2)[Se][Se]C(Cn2cncn2)c2ccc(F)cc2F)c(F)c1. The number of hydrogen-bond acceptors (Lipinski definition) is 4. The minimum absolute atomic E-state index is 0.205. The van der Waals surface area contributed by atoms with Crippen LogP contribution in [0.15, 0.2) is 61.7 Å². The third kappa shape index (κ3) is 5.63. The molecule has 2 aromatic carbocycles. The van der Waals surface area contributed by atoms with Crippen molar-refractivity contribution in [3.05, 3.63) is 96.1 Å². The van der Waals surface area contributed by atoms with E-state index in [2.05, 4.69) is 20.2 Å². The predicted molar refractivity (Wildman–Crippen MR) is 110 cm³/mol. The monoisotopic (exact) mass is 576 g/mol. The number of nitrogens with zero attached hydrogens (tertiary/aromatic N) is 6. The molecule has 0 spiro atoms. The minimum atomic E-state index is -0.652. The van der Waals surface area contributed by atoms with Crippen molar-refractivity contribution in [3.8, 4) is 0 Å². The zero-order chi connectivity index (χ0) is 22.5. The van der Waals surface area contributed by atoms with Crippen molar-refractivity contribution in [2.45, 2.75) is 22.7 Å². The molecule has 32 heavy (non-hydrogen) atoms. The molecule has 2 atom stereocenters. The van der Waals surface area contributed by atoms with Gasteiger partial charge < -0.3 is 0 Å². The quantitative estimate of drug-likeness (QED) is 0.228. The van der Waals surface area contributed by atoms with E-state index in [0.717, 1.165) is 12.1 Å².